The van der Waals surface area contributed by atoms with Crippen molar-refractivity contribution in [2.24, 2.45) is 0 Å². The van der Waals surface area contributed by atoms with Gasteiger partial charge >= 0.3 is 0 Å². The van der Waals surface area contributed by atoms with E-state index in [9.17, 15) is 23.3 Å². The molecule has 0 bridgehead atoms. The molecular formula is C17H18BrN3O5S. The molecule has 0 aromatic heterocycles. The van der Waals surface area contributed by atoms with Crippen molar-refractivity contribution in [2.75, 3.05) is 24.2 Å². The van der Waals surface area contributed by atoms with E-state index in [1.807, 2.05) is 0 Å². The van der Waals surface area contributed by atoms with Crippen LogP contribution in [-0.4, -0.2) is 38.1 Å². The molecule has 27 heavy (non-hydrogen) atoms. The van der Waals surface area contributed by atoms with Gasteiger partial charge in [-0.15, -0.1) is 0 Å². The van der Waals surface area contributed by atoms with Crippen molar-refractivity contribution in [3.05, 3.63) is 68.7 Å². The van der Waals surface area contributed by atoms with Gasteiger partial charge in [0.15, 0.2) is 9.84 Å². The average Bonchev–Trinajstić information content (AvgIpc) is 2.58. The molecule has 0 aliphatic heterocycles. The first-order valence-corrected chi connectivity index (χ1v) is 10.6. The van der Waals surface area contributed by atoms with Crippen molar-refractivity contribution in [1.82, 2.24) is 5.32 Å². The number of nitro benzene ring substituents is 1. The summed E-state index contributed by atoms with van der Waals surface area (Å²) in [5.74, 6) is -1.46. The molecule has 2 aromatic carbocycles. The molecule has 1 amide bonds. The molecule has 2 N–H and O–H groups in total. The number of sulfone groups is 1. The molecule has 10 heteroatoms. The Hall–Kier alpha value is -2.46. The van der Waals surface area contributed by atoms with E-state index in [1.165, 1.54) is 6.07 Å². The van der Waals surface area contributed by atoms with Gasteiger partial charge in [-0.25, -0.2) is 8.42 Å². The maximum Gasteiger partial charge on any atom is 0.292 e. The number of para-hydroxylation sites is 2. The summed E-state index contributed by atoms with van der Waals surface area (Å²) in [5.41, 5.74) is 0.856. The highest BCUT2D eigenvalue weighted by molar-refractivity contribution is 9.10. The van der Waals surface area contributed by atoms with Crippen LogP contribution < -0.4 is 10.6 Å². The van der Waals surface area contributed by atoms with Crippen molar-refractivity contribution in [3.8, 4) is 0 Å². The molecular weight excluding hydrogens is 438 g/mol. The second kappa shape index (κ2) is 9.47. The highest BCUT2D eigenvalue weighted by atomic mass is 79.9. The van der Waals surface area contributed by atoms with Crippen LogP contribution in [0.15, 0.2) is 53.0 Å². The Morgan fingerprint density at radius 3 is 2.56 bits per heavy atom. The third-order valence-corrected chi connectivity index (χ3v) is 5.46. The van der Waals surface area contributed by atoms with Crippen molar-refractivity contribution >= 4 is 43.0 Å². The molecule has 0 spiro atoms. The third kappa shape index (κ3) is 6.99. The van der Waals surface area contributed by atoms with E-state index in [2.05, 4.69) is 26.6 Å². The van der Waals surface area contributed by atoms with Gasteiger partial charge in [-0.1, -0.05) is 40.2 Å². The first-order valence-electron chi connectivity index (χ1n) is 7.96. The normalized spacial score (nSPS) is 11.0. The van der Waals surface area contributed by atoms with E-state index >= 15 is 0 Å². The molecule has 0 saturated carbocycles. The Kier molecular flexibility index (Phi) is 7.31. The van der Waals surface area contributed by atoms with Gasteiger partial charge in [0, 0.05) is 23.6 Å². The number of nitro groups is 1. The zero-order valence-electron chi connectivity index (χ0n) is 14.2. The SMILES string of the molecule is O=C(CS(=O)(=O)Cc1cccc(Br)c1)NCCNc1ccccc1[N+](=O)[O-]. The molecule has 0 atom stereocenters. The minimum absolute atomic E-state index is 0.0690. The zero-order chi connectivity index (χ0) is 19.9. The molecule has 0 fully saturated rings. The van der Waals surface area contributed by atoms with E-state index in [-0.39, 0.29) is 24.5 Å². The van der Waals surface area contributed by atoms with Crippen LogP contribution in [0.1, 0.15) is 5.56 Å². The lowest BCUT2D eigenvalue weighted by molar-refractivity contribution is -0.384. The van der Waals surface area contributed by atoms with Gasteiger partial charge in [0.2, 0.25) is 5.91 Å². The van der Waals surface area contributed by atoms with Gasteiger partial charge < -0.3 is 10.6 Å². The molecule has 0 heterocycles. The lowest BCUT2D eigenvalue weighted by atomic mass is 10.2. The Morgan fingerprint density at radius 1 is 1.11 bits per heavy atom. The van der Waals surface area contributed by atoms with Crippen LogP contribution in [0.25, 0.3) is 0 Å². The molecule has 0 radical (unpaired) electrons. The lowest BCUT2D eigenvalue weighted by Gasteiger charge is -2.09. The fraction of sp³-hybridized carbons (Fsp3) is 0.235. The number of carbonyl (C=O) groups is 1. The Morgan fingerprint density at radius 2 is 1.85 bits per heavy atom. The molecule has 0 aliphatic rings. The third-order valence-electron chi connectivity index (χ3n) is 3.49. The number of nitrogens with zero attached hydrogens (tertiary/aromatic N) is 1. The van der Waals surface area contributed by atoms with Crippen LogP contribution in [0.3, 0.4) is 0 Å². The molecule has 0 aliphatic carbocycles. The van der Waals surface area contributed by atoms with Crippen LogP contribution in [0.4, 0.5) is 11.4 Å². The summed E-state index contributed by atoms with van der Waals surface area (Å²) >= 11 is 3.27. The van der Waals surface area contributed by atoms with Gasteiger partial charge in [-0.05, 0) is 23.8 Å². The van der Waals surface area contributed by atoms with Crippen LogP contribution in [0.2, 0.25) is 0 Å². The Labute approximate surface area is 165 Å². The standard InChI is InChI=1S/C17H18BrN3O5S/c18-14-5-3-4-13(10-14)11-27(25,26)12-17(22)20-9-8-19-15-6-1-2-7-16(15)21(23)24/h1-7,10,19H,8-9,11-12H2,(H,20,22). The smallest absolute Gasteiger partial charge is 0.292 e. The van der Waals surface area contributed by atoms with E-state index < -0.39 is 26.4 Å². The highest BCUT2D eigenvalue weighted by Crippen LogP contribution is 2.22. The average molecular weight is 456 g/mol. The number of anilines is 1. The molecule has 0 saturated heterocycles. The van der Waals surface area contributed by atoms with Crippen LogP contribution in [-0.2, 0) is 20.4 Å². The second-order valence-electron chi connectivity index (χ2n) is 5.71. The molecule has 2 rings (SSSR count). The largest absolute Gasteiger partial charge is 0.378 e. The minimum atomic E-state index is -3.60. The number of rotatable bonds is 9. The highest BCUT2D eigenvalue weighted by Gasteiger charge is 2.17. The van der Waals surface area contributed by atoms with Gasteiger partial charge in [0.25, 0.3) is 5.69 Å². The first-order chi connectivity index (χ1) is 12.8. The number of benzene rings is 2. The van der Waals surface area contributed by atoms with Crippen molar-refractivity contribution in [3.63, 3.8) is 0 Å². The van der Waals surface area contributed by atoms with Gasteiger partial charge in [0.1, 0.15) is 11.4 Å². The van der Waals surface area contributed by atoms with E-state index in [4.69, 9.17) is 0 Å². The minimum Gasteiger partial charge on any atom is -0.378 e. The van der Waals surface area contributed by atoms with Crippen molar-refractivity contribution < 1.29 is 18.1 Å². The topological polar surface area (TPSA) is 118 Å². The summed E-state index contributed by atoms with van der Waals surface area (Å²) in [5, 5.41) is 16.3. The molecule has 144 valence electrons. The number of amides is 1. The van der Waals surface area contributed by atoms with Gasteiger partial charge in [0.05, 0.1) is 10.7 Å². The fourth-order valence-corrected chi connectivity index (χ4v) is 4.10. The lowest BCUT2D eigenvalue weighted by Crippen LogP contribution is -2.34. The second-order valence-corrected chi connectivity index (χ2v) is 8.69. The van der Waals surface area contributed by atoms with Crippen LogP contribution in [0, 0.1) is 10.1 Å². The van der Waals surface area contributed by atoms with Crippen LogP contribution >= 0.6 is 15.9 Å². The van der Waals surface area contributed by atoms with E-state index in [0.29, 0.717) is 11.3 Å². The predicted octanol–water partition coefficient (Wildman–Crippen LogP) is 2.50. The fourth-order valence-electron chi connectivity index (χ4n) is 2.36. The predicted molar refractivity (Wildman–Crippen MR) is 106 cm³/mol. The summed E-state index contributed by atoms with van der Waals surface area (Å²) in [4.78, 5) is 22.3. The summed E-state index contributed by atoms with van der Waals surface area (Å²) in [6.07, 6.45) is 0. The summed E-state index contributed by atoms with van der Waals surface area (Å²) in [6.45, 7) is 0.361. The number of carbonyl (C=O) groups excluding carboxylic acids is 1. The van der Waals surface area contributed by atoms with E-state index in [0.717, 1.165) is 4.47 Å². The Bertz CT molecular complexity index is 934. The number of hydrogen-bond donors (Lipinski definition) is 2. The maximum absolute atomic E-state index is 12.1. The first kappa shape index (κ1) is 20.8. The summed E-state index contributed by atoms with van der Waals surface area (Å²) in [7, 11) is -3.60. The molecule has 8 nitrogen and oxygen atoms in total. The van der Waals surface area contributed by atoms with Crippen molar-refractivity contribution in [2.45, 2.75) is 5.75 Å². The van der Waals surface area contributed by atoms with Gasteiger partial charge in [-0.2, -0.15) is 0 Å². The monoisotopic (exact) mass is 455 g/mol. The Balaban J connectivity index is 1.80. The summed E-state index contributed by atoms with van der Waals surface area (Å²) < 4.78 is 25.0. The van der Waals surface area contributed by atoms with Crippen LogP contribution in [0.5, 0.6) is 0 Å². The number of nitrogens with one attached hydrogen (secondary N) is 2. The molecule has 2 aromatic rings. The van der Waals surface area contributed by atoms with Crippen molar-refractivity contribution in [1.29, 1.82) is 0 Å². The van der Waals surface area contributed by atoms with Gasteiger partial charge in [-0.3, -0.25) is 14.9 Å². The molecule has 0 unspecified atom stereocenters. The summed E-state index contributed by atoms with van der Waals surface area (Å²) in [6, 6.07) is 13.0. The number of hydrogen-bond acceptors (Lipinski definition) is 6. The zero-order valence-corrected chi connectivity index (χ0v) is 16.6. The quantitative estimate of drug-likeness (QED) is 0.340. The maximum atomic E-state index is 12.1. The number of halogens is 1. The van der Waals surface area contributed by atoms with E-state index in [1.54, 1.807) is 42.5 Å².